The first-order chi connectivity index (χ1) is 12.7. The molecule has 5 nitrogen and oxygen atoms in total. The molecule has 0 saturated carbocycles. The predicted octanol–water partition coefficient (Wildman–Crippen LogP) is 3.41. The van der Waals surface area contributed by atoms with Crippen LogP contribution in [0.5, 0.6) is 0 Å². The Bertz CT molecular complexity index is 825. The molecule has 2 atom stereocenters. The Morgan fingerprint density at radius 3 is 2.88 bits per heavy atom. The number of aromatic nitrogens is 1. The summed E-state index contributed by atoms with van der Waals surface area (Å²) in [5.74, 6) is -0.366. The molecule has 2 aliphatic heterocycles. The van der Waals surface area contributed by atoms with Crippen molar-refractivity contribution in [3.63, 3.8) is 0 Å². The number of carbonyl (C=O) groups excluding carboxylic acids is 1. The van der Waals surface area contributed by atoms with Crippen LogP contribution in [0.1, 0.15) is 17.5 Å². The molecule has 1 amide bonds. The van der Waals surface area contributed by atoms with Crippen LogP contribution in [0.4, 0.5) is 9.18 Å². The monoisotopic (exact) mass is 354 g/mol. The van der Waals surface area contributed by atoms with Gasteiger partial charge in [0, 0.05) is 6.20 Å². The third kappa shape index (κ3) is 3.46. The summed E-state index contributed by atoms with van der Waals surface area (Å²) in [5, 5.41) is 0. The highest BCUT2D eigenvalue weighted by Gasteiger charge is 2.39. The zero-order chi connectivity index (χ0) is 17.9. The normalized spacial score (nSPS) is 21.9. The number of ether oxygens (including phenoxy) is 2. The van der Waals surface area contributed by atoms with Gasteiger partial charge in [-0.3, -0.25) is 9.88 Å². The average Bonchev–Trinajstić information content (AvgIpc) is 2.66. The van der Waals surface area contributed by atoms with Crippen molar-refractivity contribution >= 4 is 11.7 Å². The highest BCUT2D eigenvalue weighted by Crippen LogP contribution is 2.33. The van der Waals surface area contributed by atoms with Crippen LogP contribution < -0.4 is 0 Å². The molecule has 134 valence electrons. The maximum absolute atomic E-state index is 13.5. The Morgan fingerprint density at radius 2 is 2.12 bits per heavy atom. The van der Waals surface area contributed by atoms with Crippen LogP contribution in [0.3, 0.4) is 0 Å². The van der Waals surface area contributed by atoms with E-state index < -0.39 is 0 Å². The lowest BCUT2D eigenvalue weighted by Gasteiger charge is -2.43. The number of morpholine rings is 1. The van der Waals surface area contributed by atoms with E-state index in [9.17, 15) is 9.18 Å². The molecule has 1 fully saturated rings. The number of pyridine rings is 1. The van der Waals surface area contributed by atoms with Crippen LogP contribution in [0.15, 0.2) is 54.9 Å². The van der Waals surface area contributed by atoms with Crippen LogP contribution in [0.25, 0.3) is 5.57 Å². The fourth-order valence-electron chi connectivity index (χ4n) is 3.48. The molecule has 2 aromatic rings. The lowest BCUT2D eigenvalue weighted by molar-refractivity contribution is -0.0342. The molecule has 1 aromatic heterocycles. The number of hydrogen-bond donors (Lipinski definition) is 0. The molecular weight excluding hydrogens is 335 g/mol. The molecule has 26 heavy (non-hydrogen) atoms. The minimum absolute atomic E-state index is 0.125. The number of hydrogen-bond acceptors (Lipinski definition) is 4. The second-order valence-electron chi connectivity index (χ2n) is 6.49. The zero-order valence-electron chi connectivity index (χ0n) is 14.2. The lowest BCUT2D eigenvalue weighted by Crippen LogP contribution is -2.56. The number of rotatable bonds is 3. The summed E-state index contributed by atoms with van der Waals surface area (Å²) in [6, 6.07) is 10.7. The van der Waals surface area contributed by atoms with Gasteiger partial charge in [0.25, 0.3) is 0 Å². The zero-order valence-corrected chi connectivity index (χ0v) is 14.2. The van der Waals surface area contributed by atoms with Gasteiger partial charge in [-0.15, -0.1) is 0 Å². The SMILES string of the molecule is O=C(OCc1ccccc1)N1C2C=C(c3cncc(F)c3)CC1COC2. The summed E-state index contributed by atoms with van der Waals surface area (Å²) in [7, 11) is 0. The molecular formula is C20H19FN2O3. The van der Waals surface area contributed by atoms with Crippen molar-refractivity contribution < 1.29 is 18.7 Å². The first-order valence-electron chi connectivity index (χ1n) is 8.59. The Labute approximate surface area is 151 Å². The molecule has 2 unspecified atom stereocenters. The third-order valence-corrected chi connectivity index (χ3v) is 4.69. The van der Waals surface area contributed by atoms with Gasteiger partial charge in [0.05, 0.1) is 31.5 Å². The number of carbonyl (C=O) groups is 1. The molecule has 1 aromatic carbocycles. The van der Waals surface area contributed by atoms with E-state index in [0.717, 1.165) is 16.7 Å². The quantitative estimate of drug-likeness (QED) is 0.848. The van der Waals surface area contributed by atoms with Crippen LogP contribution in [-0.2, 0) is 16.1 Å². The fraction of sp³-hybridized carbons (Fsp3) is 0.300. The number of nitrogens with zero attached hydrogens (tertiary/aromatic N) is 2. The molecule has 1 saturated heterocycles. The van der Waals surface area contributed by atoms with Crippen molar-refractivity contribution in [3.8, 4) is 0 Å². The van der Waals surface area contributed by atoms with E-state index >= 15 is 0 Å². The van der Waals surface area contributed by atoms with Gasteiger partial charge in [0.2, 0.25) is 0 Å². The molecule has 0 spiro atoms. The van der Waals surface area contributed by atoms with Crippen LogP contribution in [0, 0.1) is 5.82 Å². The standard InChI is InChI=1S/C20H19FN2O3/c21-17-6-16(9-22-10-17)15-7-18-12-25-13-19(8-15)23(18)20(24)26-11-14-4-2-1-3-5-14/h1-7,9-10,18-19H,8,11-13H2. The van der Waals surface area contributed by atoms with Gasteiger partial charge in [-0.1, -0.05) is 36.4 Å². The third-order valence-electron chi connectivity index (χ3n) is 4.69. The Hall–Kier alpha value is -2.73. The maximum Gasteiger partial charge on any atom is 0.411 e. The van der Waals surface area contributed by atoms with Crippen molar-refractivity contribution in [2.24, 2.45) is 0 Å². The lowest BCUT2D eigenvalue weighted by atomic mass is 9.91. The second-order valence-corrected chi connectivity index (χ2v) is 6.49. The van der Waals surface area contributed by atoms with E-state index in [1.165, 1.54) is 12.3 Å². The van der Waals surface area contributed by atoms with E-state index in [1.54, 1.807) is 11.1 Å². The van der Waals surface area contributed by atoms with Crippen LogP contribution >= 0.6 is 0 Å². The number of amides is 1. The van der Waals surface area contributed by atoms with Gasteiger partial charge in [-0.05, 0) is 29.2 Å². The highest BCUT2D eigenvalue weighted by atomic mass is 19.1. The van der Waals surface area contributed by atoms with Crippen LogP contribution in [0.2, 0.25) is 0 Å². The summed E-state index contributed by atoms with van der Waals surface area (Å²) in [6.07, 6.45) is 5.02. The fourth-order valence-corrected chi connectivity index (χ4v) is 3.48. The minimum atomic E-state index is -0.366. The Kier molecular flexibility index (Phi) is 4.67. The summed E-state index contributed by atoms with van der Waals surface area (Å²) in [4.78, 5) is 18.3. The van der Waals surface area contributed by atoms with Crippen LogP contribution in [-0.4, -0.2) is 41.3 Å². The molecule has 4 rings (SSSR count). The highest BCUT2D eigenvalue weighted by molar-refractivity contribution is 5.74. The van der Waals surface area contributed by atoms with Crippen molar-refractivity contribution in [1.29, 1.82) is 0 Å². The number of halogens is 1. The Balaban J connectivity index is 1.50. The van der Waals surface area contributed by atoms with E-state index in [-0.39, 0.29) is 30.6 Å². The van der Waals surface area contributed by atoms with Crippen molar-refractivity contribution in [3.05, 3.63) is 71.8 Å². The Morgan fingerprint density at radius 1 is 1.27 bits per heavy atom. The van der Waals surface area contributed by atoms with Crippen molar-refractivity contribution in [2.45, 2.75) is 25.1 Å². The topological polar surface area (TPSA) is 51.7 Å². The van der Waals surface area contributed by atoms with E-state index in [4.69, 9.17) is 9.47 Å². The molecule has 2 bridgehead atoms. The summed E-state index contributed by atoms with van der Waals surface area (Å²) < 4.78 is 24.6. The molecule has 3 heterocycles. The second kappa shape index (κ2) is 7.25. The van der Waals surface area contributed by atoms with Crippen molar-refractivity contribution in [1.82, 2.24) is 9.88 Å². The van der Waals surface area contributed by atoms with Gasteiger partial charge < -0.3 is 9.47 Å². The van der Waals surface area contributed by atoms with Gasteiger partial charge >= 0.3 is 6.09 Å². The smallest absolute Gasteiger partial charge is 0.411 e. The molecule has 6 heteroatoms. The van der Waals surface area contributed by atoms with Gasteiger partial charge in [-0.25, -0.2) is 9.18 Å². The maximum atomic E-state index is 13.5. The minimum Gasteiger partial charge on any atom is -0.445 e. The van der Waals surface area contributed by atoms with Gasteiger partial charge in [0.15, 0.2) is 0 Å². The molecule has 0 radical (unpaired) electrons. The first-order valence-corrected chi connectivity index (χ1v) is 8.59. The van der Waals surface area contributed by atoms with E-state index in [1.807, 2.05) is 36.4 Å². The first kappa shape index (κ1) is 16.7. The van der Waals surface area contributed by atoms with Gasteiger partial charge in [-0.2, -0.15) is 0 Å². The molecule has 0 aliphatic carbocycles. The average molecular weight is 354 g/mol. The van der Waals surface area contributed by atoms with Crippen molar-refractivity contribution in [2.75, 3.05) is 13.2 Å². The predicted molar refractivity (Wildman–Crippen MR) is 93.7 cm³/mol. The summed E-state index contributed by atoms with van der Waals surface area (Å²) in [6.45, 7) is 1.08. The molecule has 0 N–H and O–H groups in total. The number of benzene rings is 1. The summed E-state index contributed by atoms with van der Waals surface area (Å²) >= 11 is 0. The molecule has 2 aliphatic rings. The van der Waals surface area contributed by atoms with Gasteiger partial charge in [0.1, 0.15) is 12.4 Å². The van der Waals surface area contributed by atoms with E-state index in [2.05, 4.69) is 4.98 Å². The van der Waals surface area contributed by atoms with E-state index in [0.29, 0.717) is 19.6 Å². The summed E-state index contributed by atoms with van der Waals surface area (Å²) in [5.41, 5.74) is 2.68. The largest absolute Gasteiger partial charge is 0.445 e. The number of fused-ring (bicyclic) bond motifs is 2.